The number of aryl methyl sites for hydroxylation is 1. The lowest BCUT2D eigenvalue weighted by atomic mass is 9.69. The van der Waals surface area contributed by atoms with Crippen LogP contribution in [-0.2, 0) is 26.3 Å². The summed E-state index contributed by atoms with van der Waals surface area (Å²) in [4.78, 5) is 41.8. The van der Waals surface area contributed by atoms with E-state index in [1.807, 2.05) is 36.4 Å². The van der Waals surface area contributed by atoms with E-state index in [-0.39, 0.29) is 29.3 Å². The summed E-state index contributed by atoms with van der Waals surface area (Å²) in [7, 11) is 1.22. The first kappa shape index (κ1) is 22.9. The fourth-order valence-corrected chi connectivity index (χ4v) is 5.03. The minimum absolute atomic E-state index is 0.0143. The Hall–Kier alpha value is -4.84. The molecule has 3 aromatic rings. The number of benzene rings is 2. The summed E-state index contributed by atoms with van der Waals surface area (Å²) in [6.45, 7) is 1.61. The number of nitriles is 1. The SMILES string of the molecule is COC(=O)CN1C(=O)C2(C(C#N)=C(N)Oc3cc(C)n(Cc4ccccc4)c(=O)c32)c2ccccc21. The number of amides is 1. The van der Waals surface area contributed by atoms with Crippen LogP contribution >= 0.6 is 0 Å². The summed E-state index contributed by atoms with van der Waals surface area (Å²) < 4.78 is 12.1. The van der Waals surface area contributed by atoms with Crippen molar-refractivity contribution < 1.29 is 19.1 Å². The summed E-state index contributed by atoms with van der Waals surface area (Å²) in [5.41, 5.74) is 5.83. The summed E-state index contributed by atoms with van der Waals surface area (Å²) >= 11 is 0. The highest BCUT2D eigenvalue weighted by Gasteiger charge is 2.61. The molecule has 5 rings (SSSR count). The monoisotopic (exact) mass is 482 g/mol. The Morgan fingerprint density at radius 3 is 2.53 bits per heavy atom. The third-order valence-electron chi connectivity index (χ3n) is 6.66. The van der Waals surface area contributed by atoms with Crippen LogP contribution in [0.4, 0.5) is 5.69 Å². The van der Waals surface area contributed by atoms with E-state index >= 15 is 0 Å². The Bertz CT molecular complexity index is 1550. The lowest BCUT2D eigenvalue weighted by Gasteiger charge is -2.34. The second kappa shape index (κ2) is 8.43. The molecule has 9 nitrogen and oxygen atoms in total. The highest BCUT2D eigenvalue weighted by molar-refractivity contribution is 6.15. The number of para-hydroxylation sites is 1. The van der Waals surface area contributed by atoms with Crippen molar-refractivity contribution in [3.05, 3.63) is 105 Å². The lowest BCUT2D eigenvalue weighted by Crippen LogP contribution is -2.50. The average Bonchev–Trinajstić information content (AvgIpc) is 3.10. The zero-order valence-corrected chi connectivity index (χ0v) is 19.6. The van der Waals surface area contributed by atoms with Gasteiger partial charge < -0.3 is 19.8 Å². The van der Waals surface area contributed by atoms with Gasteiger partial charge in [0, 0.05) is 23.0 Å². The van der Waals surface area contributed by atoms with Gasteiger partial charge in [-0.25, -0.2) is 0 Å². The molecule has 0 bridgehead atoms. The molecule has 1 spiro atoms. The Morgan fingerprint density at radius 1 is 1.14 bits per heavy atom. The number of ether oxygens (including phenoxy) is 2. The Morgan fingerprint density at radius 2 is 1.83 bits per heavy atom. The average molecular weight is 482 g/mol. The van der Waals surface area contributed by atoms with Crippen molar-refractivity contribution in [3.63, 3.8) is 0 Å². The van der Waals surface area contributed by atoms with Crippen LogP contribution in [0.2, 0.25) is 0 Å². The second-order valence-corrected chi connectivity index (χ2v) is 8.59. The van der Waals surface area contributed by atoms with E-state index in [1.54, 1.807) is 37.3 Å². The molecule has 0 fully saturated rings. The van der Waals surface area contributed by atoms with Gasteiger partial charge in [-0.05, 0) is 18.6 Å². The Balaban J connectivity index is 1.83. The summed E-state index contributed by atoms with van der Waals surface area (Å²) in [5, 5.41) is 10.2. The van der Waals surface area contributed by atoms with E-state index in [0.29, 0.717) is 16.9 Å². The molecule has 0 saturated heterocycles. The standard InChI is InChI=1S/C27H22N4O5/c1-16-12-21-23(25(33)30(16)14-17-8-4-3-5-9-17)27(19(13-28)24(29)36-21)18-10-6-7-11-20(18)31(26(27)34)15-22(32)35-2/h3-12H,14-15,29H2,1-2H3. The van der Waals surface area contributed by atoms with Crippen molar-refractivity contribution in [2.24, 2.45) is 5.73 Å². The van der Waals surface area contributed by atoms with Gasteiger partial charge >= 0.3 is 5.97 Å². The Kier molecular flexibility index (Phi) is 5.37. The number of nitrogens with two attached hydrogens (primary N) is 1. The highest BCUT2D eigenvalue weighted by Crippen LogP contribution is 2.54. The molecule has 2 aromatic carbocycles. The molecule has 36 heavy (non-hydrogen) atoms. The van der Waals surface area contributed by atoms with Gasteiger partial charge in [0.1, 0.15) is 23.9 Å². The third-order valence-corrected chi connectivity index (χ3v) is 6.66. The van der Waals surface area contributed by atoms with Crippen molar-refractivity contribution in [3.8, 4) is 11.8 Å². The first-order chi connectivity index (χ1) is 17.3. The second-order valence-electron chi connectivity index (χ2n) is 8.59. The molecule has 1 atom stereocenters. The van der Waals surface area contributed by atoms with Crippen molar-refractivity contribution in [1.29, 1.82) is 5.26 Å². The molecular formula is C27H22N4O5. The zero-order valence-electron chi connectivity index (χ0n) is 19.6. The lowest BCUT2D eigenvalue weighted by molar-refractivity contribution is -0.140. The van der Waals surface area contributed by atoms with Gasteiger partial charge in [0.15, 0.2) is 5.41 Å². The van der Waals surface area contributed by atoms with Gasteiger partial charge in [-0.2, -0.15) is 5.26 Å². The van der Waals surface area contributed by atoms with E-state index in [2.05, 4.69) is 0 Å². The number of carbonyl (C=O) groups excluding carboxylic acids is 2. The number of fused-ring (bicyclic) bond motifs is 4. The molecule has 0 aliphatic carbocycles. The molecule has 9 heteroatoms. The number of pyridine rings is 1. The molecule has 180 valence electrons. The number of hydrogen-bond acceptors (Lipinski definition) is 7. The molecule has 0 saturated carbocycles. The molecule has 1 aromatic heterocycles. The minimum Gasteiger partial charge on any atom is -0.468 e. The minimum atomic E-state index is -1.87. The number of carbonyl (C=O) groups is 2. The number of nitrogens with zero attached hydrogens (tertiary/aromatic N) is 3. The molecular weight excluding hydrogens is 460 g/mol. The smallest absolute Gasteiger partial charge is 0.325 e. The van der Waals surface area contributed by atoms with Crippen molar-refractivity contribution in [2.45, 2.75) is 18.9 Å². The largest absolute Gasteiger partial charge is 0.468 e. The predicted molar refractivity (Wildman–Crippen MR) is 130 cm³/mol. The van der Waals surface area contributed by atoms with Crippen LogP contribution in [0.15, 0.2) is 76.9 Å². The topological polar surface area (TPSA) is 128 Å². The zero-order chi connectivity index (χ0) is 25.6. The molecule has 2 N–H and O–H groups in total. The van der Waals surface area contributed by atoms with Crippen LogP contribution in [0.1, 0.15) is 22.4 Å². The van der Waals surface area contributed by atoms with Crippen LogP contribution < -0.4 is 20.9 Å². The number of aromatic nitrogens is 1. The predicted octanol–water partition coefficient (Wildman–Crippen LogP) is 2.10. The van der Waals surface area contributed by atoms with Gasteiger partial charge in [-0.15, -0.1) is 0 Å². The fraction of sp³-hybridized carbons (Fsp3) is 0.185. The van der Waals surface area contributed by atoms with Gasteiger partial charge in [-0.1, -0.05) is 48.5 Å². The summed E-state index contributed by atoms with van der Waals surface area (Å²) in [6.07, 6.45) is 0. The highest BCUT2D eigenvalue weighted by atomic mass is 16.5. The van der Waals surface area contributed by atoms with Crippen LogP contribution in [-0.4, -0.2) is 30.1 Å². The summed E-state index contributed by atoms with van der Waals surface area (Å²) in [6, 6.07) is 19.8. The maximum atomic E-state index is 14.2. The van der Waals surface area contributed by atoms with Gasteiger partial charge in [0.25, 0.3) is 5.56 Å². The number of hydrogen-bond donors (Lipinski definition) is 1. The molecule has 1 amide bonds. The Labute approximate surface area is 206 Å². The number of esters is 1. The van der Waals surface area contributed by atoms with Gasteiger partial charge in [0.2, 0.25) is 11.8 Å². The van der Waals surface area contributed by atoms with Crippen LogP contribution in [0, 0.1) is 18.3 Å². The normalized spacial score (nSPS) is 17.9. The molecule has 2 aliphatic rings. The van der Waals surface area contributed by atoms with Crippen LogP contribution in [0.3, 0.4) is 0 Å². The molecule has 0 radical (unpaired) electrons. The molecule has 2 aliphatic heterocycles. The molecule has 1 unspecified atom stereocenters. The van der Waals surface area contributed by atoms with E-state index in [1.165, 1.54) is 16.6 Å². The van der Waals surface area contributed by atoms with E-state index in [9.17, 15) is 19.6 Å². The maximum absolute atomic E-state index is 14.2. The first-order valence-corrected chi connectivity index (χ1v) is 11.2. The van der Waals surface area contributed by atoms with Crippen molar-refractivity contribution >= 4 is 17.6 Å². The maximum Gasteiger partial charge on any atom is 0.325 e. The first-order valence-electron chi connectivity index (χ1n) is 11.2. The third kappa shape index (κ3) is 3.11. The summed E-state index contributed by atoms with van der Waals surface area (Å²) in [5.74, 6) is -1.47. The number of methoxy groups -OCH3 is 1. The quantitative estimate of drug-likeness (QED) is 0.564. The molecule has 3 heterocycles. The van der Waals surface area contributed by atoms with E-state index < -0.39 is 29.4 Å². The number of anilines is 1. The van der Waals surface area contributed by atoms with Gasteiger partial charge in [-0.3, -0.25) is 19.3 Å². The fourth-order valence-electron chi connectivity index (χ4n) is 5.03. The van der Waals surface area contributed by atoms with E-state index in [0.717, 1.165) is 5.56 Å². The van der Waals surface area contributed by atoms with Crippen molar-refractivity contribution in [1.82, 2.24) is 4.57 Å². The van der Waals surface area contributed by atoms with E-state index in [4.69, 9.17) is 15.2 Å². The van der Waals surface area contributed by atoms with Crippen LogP contribution in [0.25, 0.3) is 0 Å². The van der Waals surface area contributed by atoms with Crippen LogP contribution in [0.5, 0.6) is 5.75 Å². The van der Waals surface area contributed by atoms with Gasteiger partial charge in [0.05, 0.1) is 19.2 Å². The number of rotatable bonds is 4. The van der Waals surface area contributed by atoms with Crippen molar-refractivity contribution in [2.75, 3.05) is 18.6 Å².